The summed E-state index contributed by atoms with van der Waals surface area (Å²) in [6, 6.07) is 18.5. The molecule has 2 aromatic heterocycles. The van der Waals surface area contributed by atoms with E-state index in [0.717, 1.165) is 59.8 Å². The van der Waals surface area contributed by atoms with Crippen LogP contribution < -0.4 is 20.1 Å². The molecule has 2 saturated heterocycles. The van der Waals surface area contributed by atoms with E-state index in [1.165, 1.54) is 0 Å². The van der Waals surface area contributed by atoms with E-state index in [1.807, 2.05) is 54.6 Å². The molecule has 4 aromatic rings. The summed E-state index contributed by atoms with van der Waals surface area (Å²) < 4.78 is 17.3. The molecule has 0 amide bonds. The van der Waals surface area contributed by atoms with Gasteiger partial charge in [0.2, 0.25) is 5.95 Å². The zero-order valence-electron chi connectivity index (χ0n) is 20.9. The van der Waals surface area contributed by atoms with Crippen LogP contribution in [0.5, 0.6) is 11.5 Å². The highest BCUT2D eigenvalue weighted by Crippen LogP contribution is 2.30. The van der Waals surface area contributed by atoms with Crippen molar-refractivity contribution in [3.63, 3.8) is 0 Å². The number of piperidine rings is 1. The van der Waals surface area contributed by atoms with Gasteiger partial charge in [-0.15, -0.1) is 0 Å². The maximum Gasteiger partial charge on any atom is 0.229 e. The van der Waals surface area contributed by atoms with Crippen LogP contribution in [0.15, 0.2) is 67.0 Å². The minimum absolute atomic E-state index is 0.214. The van der Waals surface area contributed by atoms with Gasteiger partial charge in [-0.1, -0.05) is 0 Å². The van der Waals surface area contributed by atoms with Crippen molar-refractivity contribution in [3.05, 3.63) is 67.0 Å². The summed E-state index contributed by atoms with van der Waals surface area (Å²) in [6.07, 6.45) is 5.69. The number of nitrogens with one attached hydrogen (secondary N) is 2. The van der Waals surface area contributed by atoms with Crippen LogP contribution in [0.1, 0.15) is 12.8 Å². The second-order valence-electron chi connectivity index (χ2n) is 9.54. The highest BCUT2D eigenvalue weighted by molar-refractivity contribution is 5.83. The minimum Gasteiger partial charge on any atom is -0.497 e. The third kappa shape index (κ3) is 5.28. The Balaban J connectivity index is 1.08. The molecule has 3 atom stereocenters. The Morgan fingerprint density at radius 1 is 0.892 bits per heavy atom. The molecular formula is C28H30N6O3. The van der Waals surface area contributed by atoms with E-state index in [1.54, 1.807) is 19.5 Å². The third-order valence-electron chi connectivity index (χ3n) is 7.07. The van der Waals surface area contributed by atoms with Crippen LogP contribution >= 0.6 is 0 Å². The Morgan fingerprint density at radius 2 is 1.68 bits per heavy atom. The molecule has 0 spiro atoms. The maximum absolute atomic E-state index is 6.31. The summed E-state index contributed by atoms with van der Waals surface area (Å²) in [5, 5.41) is 7.59. The zero-order valence-corrected chi connectivity index (χ0v) is 20.9. The van der Waals surface area contributed by atoms with Crippen LogP contribution in [-0.4, -0.2) is 65.4 Å². The quantitative estimate of drug-likeness (QED) is 0.374. The van der Waals surface area contributed by atoms with Crippen LogP contribution in [0.3, 0.4) is 0 Å². The maximum atomic E-state index is 6.31. The normalized spacial score (nSPS) is 21.4. The summed E-state index contributed by atoms with van der Waals surface area (Å²) in [5.74, 6) is 2.83. The number of hydrogen-bond donors (Lipinski definition) is 2. The lowest BCUT2D eigenvalue weighted by molar-refractivity contribution is -0.0879. The predicted octanol–water partition coefficient (Wildman–Crippen LogP) is 4.76. The van der Waals surface area contributed by atoms with Gasteiger partial charge in [-0.25, -0.2) is 4.98 Å². The largest absolute Gasteiger partial charge is 0.497 e. The van der Waals surface area contributed by atoms with Crippen molar-refractivity contribution >= 4 is 34.0 Å². The van der Waals surface area contributed by atoms with Crippen molar-refractivity contribution in [1.29, 1.82) is 0 Å². The molecule has 2 aromatic carbocycles. The van der Waals surface area contributed by atoms with Crippen molar-refractivity contribution in [2.45, 2.75) is 31.0 Å². The Labute approximate surface area is 215 Å². The number of rotatable bonds is 7. The van der Waals surface area contributed by atoms with Crippen LogP contribution in [0.2, 0.25) is 0 Å². The van der Waals surface area contributed by atoms with E-state index >= 15 is 0 Å². The molecule has 9 heteroatoms. The molecule has 2 bridgehead atoms. The Hall–Kier alpha value is -3.95. The molecule has 0 radical (unpaired) electrons. The summed E-state index contributed by atoms with van der Waals surface area (Å²) >= 11 is 0. The molecule has 2 aliphatic heterocycles. The van der Waals surface area contributed by atoms with Gasteiger partial charge < -0.3 is 24.8 Å². The molecular weight excluding hydrogens is 468 g/mol. The van der Waals surface area contributed by atoms with Crippen molar-refractivity contribution < 1.29 is 14.2 Å². The number of benzene rings is 2. The summed E-state index contributed by atoms with van der Waals surface area (Å²) in [6.45, 7) is 1.58. The fraction of sp³-hybridized carbons (Fsp3) is 0.321. The van der Waals surface area contributed by atoms with Gasteiger partial charge in [-0.2, -0.15) is 4.98 Å². The van der Waals surface area contributed by atoms with Gasteiger partial charge in [0.25, 0.3) is 0 Å². The number of methoxy groups -OCH3 is 1. The van der Waals surface area contributed by atoms with Gasteiger partial charge in [0.05, 0.1) is 37.7 Å². The molecule has 37 heavy (non-hydrogen) atoms. The molecule has 6 rings (SSSR count). The molecule has 1 unspecified atom stereocenters. The zero-order chi connectivity index (χ0) is 25.2. The smallest absolute Gasteiger partial charge is 0.229 e. The van der Waals surface area contributed by atoms with Gasteiger partial charge in [0.1, 0.15) is 23.4 Å². The highest BCUT2D eigenvalue weighted by atomic mass is 16.5. The third-order valence-corrected chi connectivity index (χ3v) is 7.07. The first-order valence-corrected chi connectivity index (χ1v) is 12.5. The summed E-state index contributed by atoms with van der Waals surface area (Å²) in [5.41, 5.74) is 2.60. The number of likely N-dealkylation sites (N-methyl/N-ethyl adjacent to an activating group) is 1. The van der Waals surface area contributed by atoms with Crippen LogP contribution in [0.25, 0.3) is 10.9 Å². The SMILES string of the molecule is COc1ccc2cc(Nc3ccnc(Nc4ccc(OC5C[C@H]6COC[C@@H](C5)N6C)cc4)n3)cnc2c1. The summed E-state index contributed by atoms with van der Waals surface area (Å²) in [4.78, 5) is 15.9. The molecule has 2 fully saturated rings. The first-order chi connectivity index (χ1) is 18.1. The topological polar surface area (TPSA) is 93.7 Å². The second-order valence-corrected chi connectivity index (χ2v) is 9.54. The molecule has 0 saturated carbocycles. The lowest BCUT2D eigenvalue weighted by Gasteiger charge is -2.46. The monoisotopic (exact) mass is 498 g/mol. The molecule has 4 heterocycles. The molecule has 0 aliphatic carbocycles. The standard InChI is InChI=1S/C28H30N6O3/c1-34-21-12-25(13-22(34)17-36-16-21)37-23-7-4-19(5-8-23)32-28-29-10-9-27(33-28)31-20-11-18-3-6-24(35-2)14-26(18)30-15-20/h3-11,14-15,21-22,25H,12-13,16-17H2,1-2H3,(H2,29,31,32,33)/t21-,22+,25?. The van der Waals surface area contributed by atoms with Crippen molar-refractivity contribution in [3.8, 4) is 11.5 Å². The number of pyridine rings is 1. The minimum atomic E-state index is 0.214. The number of morpholine rings is 1. The van der Waals surface area contributed by atoms with E-state index in [9.17, 15) is 0 Å². The van der Waals surface area contributed by atoms with Crippen LogP contribution in [-0.2, 0) is 4.74 Å². The van der Waals surface area contributed by atoms with E-state index in [-0.39, 0.29) is 6.10 Å². The Bertz CT molecular complexity index is 1370. The van der Waals surface area contributed by atoms with Crippen LogP contribution in [0, 0.1) is 0 Å². The lowest BCUT2D eigenvalue weighted by atomic mass is 9.92. The van der Waals surface area contributed by atoms with Gasteiger partial charge in [-0.05, 0) is 55.6 Å². The van der Waals surface area contributed by atoms with E-state index in [4.69, 9.17) is 14.2 Å². The number of fused-ring (bicyclic) bond motifs is 3. The number of nitrogens with zero attached hydrogens (tertiary/aromatic N) is 4. The van der Waals surface area contributed by atoms with E-state index in [2.05, 4.69) is 37.5 Å². The molecule has 2 aliphatic rings. The predicted molar refractivity (Wildman–Crippen MR) is 143 cm³/mol. The Kier molecular flexibility index (Phi) is 6.46. The van der Waals surface area contributed by atoms with Crippen molar-refractivity contribution in [1.82, 2.24) is 19.9 Å². The Morgan fingerprint density at radius 3 is 2.46 bits per heavy atom. The van der Waals surface area contributed by atoms with Gasteiger partial charge in [0.15, 0.2) is 0 Å². The fourth-order valence-corrected chi connectivity index (χ4v) is 5.01. The number of aromatic nitrogens is 3. The van der Waals surface area contributed by atoms with Gasteiger partial charge >= 0.3 is 0 Å². The number of ether oxygens (including phenoxy) is 3. The van der Waals surface area contributed by atoms with E-state index in [0.29, 0.717) is 23.8 Å². The van der Waals surface area contributed by atoms with Crippen molar-refractivity contribution in [2.75, 3.05) is 38.0 Å². The number of anilines is 4. The fourth-order valence-electron chi connectivity index (χ4n) is 5.01. The van der Waals surface area contributed by atoms with Crippen molar-refractivity contribution in [2.24, 2.45) is 0 Å². The average Bonchev–Trinajstić information content (AvgIpc) is 2.90. The number of hydrogen-bond acceptors (Lipinski definition) is 9. The first kappa shape index (κ1) is 23.4. The molecule has 2 N–H and O–H groups in total. The van der Waals surface area contributed by atoms with E-state index < -0.39 is 0 Å². The lowest BCUT2D eigenvalue weighted by Crippen LogP contribution is -2.57. The highest BCUT2D eigenvalue weighted by Gasteiger charge is 2.37. The van der Waals surface area contributed by atoms with Gasteiger partial charge in [-0.3, -0.25) is 9.88 Å². The second kappa shape index (κ2) is 10.2. The summed E-state index contributed by atoms with van der Waals surface area (Å²) in [7, 11) is 3.84. The van der Waals surface area contributed by atoms with Gasteiger partial charge in [0, 0.05) is 48.3 Å². The van der Waals surface area contributed by atoms with Crippen LogP contribution in [0.4, 0.5) is 23.1 Å². The molecule has 190 valence electrons. The average molecular weight is 499 g/mol. The molecule has 9 nitrogen and oxygen atoms in total. The first-order valence-electron chi connectivity index (χ1n) is 12.5.